The first-order valence-electron chi connectivity index (χ1n) is 4.67. The maximum Gasteiger partial charge on any atom is 0.330 e. The maximum atomic E-state index is 10.9. The van der Waals surface area contributed by atoms with Gasteiger partial charge in [-0.1, -0.05) is 0 Å². The van der Waals surface area contributed by atoms with Gasteiger partial charge in [0.15, 0.2) is 0 Å². The lowest BCUT2D eigenvalue weighted by Gasteiger charge is -2.02. The predicted molar refractivity (Wildman–Crippen MR) is 60.7 cm³/mol. The second-order valence-electron chi connectivity index (χ2n) is 3.04. The highest BCUT2D eigenvalue weighted by Crippen LogP contribution is 2.25. The molecule has 0 spiro atoms. The average molecular weight is 237 g/mol. The van der Waals surface area contributed by atoms with Gasteiger partial charge in [0.1, 0.15) is 5.75 Å². The molecule has 90 valence electrons. The third-order valence-electron chi connectivity index (χ3n) is 2.03. The summed E-state index contributed by atoms with van der Waals surface area (Å²) in [6.45, 7) is 0. The lowest BCUT2D eigenvalue weighted by molar-refractivity contribution is -0.385. The van der Waals surface area contributed by atoms with E-state index in [1.807, 2.05) is 0 Å². The first kappa shape index (κ1) is 12.7. The van der Waals surface area contributed by atoms with Crippen molar-refractivity contribution in [2.75, 3.05) is 14.2 Å². The van der Waals surface area contributed by atoms with E-state index >= 15 is 0 Å². The molecule has 0 aliphatic heterocycles. The third kappa shape index (κ3) is 3.30. The van der Waals surface area contributed by atoms with Crippen molar-refractivity contribution in [3.05, 3.63) is 40.0 Å². The second-order valence-corrected chi connectivity index (χ2v) is 3.04. The van der Waals surface area contributed by atoms with Crippen LogP contribution >= 0.6 is 0 Å². The number of ether oxygens (including phenoxy) is 2. The summed E-state index contributed by atoms with van der Waals surface area (Å²) in [7, 11) is 2.68. The van der Waals surface area contributed by atoms with Crippen molar-refractivity contribution in [1.82, 2.24) is 0 Å². The molecule has 1 aromatic carbocycles. The zero-order valence-corrected chi connectivity index (χ0v) is 9.38. The molecule has 0 saturated carbocycles. The molecule has 0 radical (unpaired) electrons. The van der Waals surface area contributed by atoms with Gasteiger partial charge in [-0.2, -0.15) is 0 Å². The Bertz CT molecular complexity index is 467. The molecular formula is C11H11NO5. The van der Waals surface area contributed by atoms with Crippen LogP contribution in [0.3, 0.4) is 0 Å². The molecule has 0 aromatic heterocycles. The summed E-state index contributed by atoms with van der Waals surface area (Å²) in [5, 5.41) is 10.8. The molecule has 0 atom stereocenters. The van der Waals surface area contributed by atoms with Crippen LogP contribution in [0.25, 0.3) is 6.08 Å². The number of carbonyl (C=O) groups is 1. The first-order valence-corrected chi connectivity index (χ1v) is 4.67. The fraction of sp³-hybridized carbons (Fsp3) is 0.182. The number of rotatable bonds is 4. The molecule has 0 heterocycles. The van der Waals surface area contributed by atoms with Gasteiger partial charge < -0.3 is 9.47 Å². The number of methoxy groups -OCH3 is 2. The lowest BCUT2D eigenvalue weighted by atomic mass is 10.1. The van der Waals surface area contributed by atoms with Crippen LogP contribution in [0.1, 0.15) is 5.56 Å². The van der Waals surface area contributed by atoms with E-state index in [9.17, 15) is 14.9 Å². The summed E-state index contributed by atoms with van der Waals surface area (Å²) in [5.41, 5.74) is 0.172. The molecule has 0 unspecified atom stereocenters. The summed E-state index contributed by atoms with van der Waals surface area (Å²) >= 11 is 0. The van der Waals surface area contributed by atoms with E-state index in [0.717, 1.165) is 6.08 Å². The van der Waals surface area contributed by atoms with Crippen LogP contribution in [0.2, 0.25) is 0 Å². The zero-order chi connectivity index (χ0) is 12.8. The van der Waals surface area contributed by atoms with Gasteiger partial charge in [-0.05, 0) is 18.2 Å². The number of benzene rings is 1. The SMILES string of the molecule is COC(=O)/C=C/c1cc(OC)ccc1[N+](=O)[O-]. The molecular weight excluding hydrogens is 226 g/mol. The Labute approximate surface area is 97.6 Å². The first-order chi connectivity index (χ1) is 8.08. The Morgan fingerprint density at radius 3 is 2.65 bits per heavy atom. The number of hydrogen-bond acceptors (Lipinski definition) is 5. The number of nitrogens with zero attached hydrogens (tertiary/aromatic N) is 1. The van der Waals surface area contributed by atoms with Crippen LogP contribution in [-0.2, 0) is 9.53 Å². The molecule has 0 aliphatic rings. The van der Waals surface area contributed by atoms with Gasteiger partial charge in [-0.3, -0.25) is 10.1 Å². The molecule has 0 saturated heterocycles. The Morgan fingerprint density at radius 1 is 1.41 bits per heavy atom. The van der Waals surface area contributed by atoms with Gasteiger partial charge in [0.2, 0.25) is 0 Å². The van der Waals surface area contributed by atoms with E-state index in [0.29, 0.717) is 5.75 Å². The summed E-state index contributed by atoms with van der Waals surface area (Å²) in [5.74, 6) is -0.109. The van der Waals surface area contributed by atoms with Crippen molar-refractivity contribution >= 4 is 17.7 Å². The topological polar surface area (TPSA) is 78.7 Å². The summed E-state index contributed by atoms with van der Waals surface area (Å²) in [6.07, 6.45) is 2.42. The minimum Gasteiger partial charge on any atom is -0.497 e. The van der Waals surface area contributed by atoms with E-state index in [2.05, 4.69) is 4.74 Å². The van der Waals surface area contributed by atoms with E-state index < -0.39 is 10.9 Å². The van der Waals surface area contributed by atoms with Gasteiger partial charge >= 0.3 is 5.97 Å². The largest absolute Gasteiger partial charge is 0.497 e. The van der Waals surface area contributed by atoms with Crippen molar-refractivity contribution in [2.45, 2.75) is 0 Å². The van der Waals surface area contributed by atoms with Crippen LogP contribution in [0.5, 0.6) is 5.75 Å². The molecule has 1 aromatic rings. The van der Waals surface area contributed by atoms with Crippen LogP contribution < -0.4 is 4.74 Å². The Morgan fingerprint density at radius 2 is 2.12 bits per heavy atom. The van der Waals surface area contributed by atoms with E-state index in [1.54, 1.807) is 0 Å². The number of esters is 1. The van der Waals surface area contributed by atoms with Gasteiger partial charge in [-0.25, -0.2) is 4.79 Å². The van der Waals surface area contributed by atoms with Crippen molar-refractivity contribution in [1.29, 1.82) is 0 Å². The molecule has 0 N–H and O–H groups in total. The number of nitro benzene ring substituents is 1. The highest BCUT2D eigenvalue weighted by Gasteiger charge is 2.12. The average Bonchev–Trinajstić information content (AvgIpc) is 2.35. The van der Waals surface area contributed by atoms with Crippen molar-refractivity contribution in [3.63, 3.8) is 0 Å². The zero-order valence-electron chi connectivity index (χ0n) is 9.38. The van der Waals surface area contributed by atoms with Gasteiger partial charge in [-0.15, -0.1) is 0 Å². The standard InChI is InChI=1S/C11H11NO5/c1-16-9-4-5-10(12(14)15)8(7-9)3-6-11(13)17-2/h3-7H,1-2H3/b6-3+. The molecule has 0 bridgehead atoms. The van der Waals surface area contributed by atoms with Crippen molar-refractivity contribution in [3.8, 4) is 5.75 Å². The minimum atomic E-state index is -0.581. The Kier molecular flexibility index (Phi) is 4.21. The van der Waals surface area contributed by atoms with Crippen LogP contribution in [-0.4, -0.2) is 25.1 Å². The summed E-state index contributed by atoms with van der Waals surface area (Å²) < 4.78 is 9.35. The molecule has 0 amide bonds. The molecule has 0 fully saturated rings. The Hall–Kier alpha value is -2.37. The molecule has 17 heavy (non-hydrogen) atoms. The lowest BCUT2D eigenvalue weighted by Crippen LogP contribution is -1.95. The number of nitro groups is 1. The number of hydrogen-bond donors (Lipinski definition) is 0. The van der Waals surface area contributed by atoms with Gasteiger partial charge in [0.05, 0.1) is 24.7 Å². The van der Waals surface area contributed by atoms with Crippen LogP contribution in [0.15, 0.2) is 24.3 Å². The fourth-order valence-corrected chi connectivity index (χ4v) is 1.19. The van der Waals surface area contributed by atoms with Crippen LogP contribution in [0.4, 0.5) is 5.69 Å². The molecule has 1 rings (SSSR count). The normalized spacial score (nSPS) is 10.2. The molecule has 0 aliphatic carbocycles. The maximum absolute atomic E-state index is 10.9. The number of carbonyl (C=O) groups excluding carboxylic acids is 1. The highest BCUT2D eigenvalue weighted by molar-refractivity contribution is 5.87. The van der Waals surface area contributed by atoms with Crippen molar-refractivity contribution < 1.29 is 19.2 Å². The second kappa shape index (κ2) is 5.64. The quantitative estimate of drug-likeness (QED) is 0.345. The van der Waals surface area contributed by atoms with E-state index in [1.165, 1.54) is 38.5 Å². The van der Waals surface area contributed by atoms with Gasteiger partial charge in [0, 0.05) is 12.1 Å². The predicted octanol–water partition coefficient (Wildman–Crippen LogP) is 1.79. The third-order valence-corrected chi connectivity index (χ3v) is 2.03. The summed E-state index contributed by atoms with van der Waals surface area (Å²) in [4.78, 5) is 21.1. The highest BCUT2D eigenvalue weighted by atomic mass is 16.6. The van der Waals surface area contributed by atoms with Crippen LogP contribution in [0, 0.1) is 10.1 Å². The smallest absolute Gasteiger partial charge is 0.330 e. The molecule has 6 nitrogen and oxygen atoms in total. The molecule has 6 heteroatoms. The van der Waals surface area contributed by atoms with Gasteiger partial charge in [0.25, 0.3) is 5.69 Å². The van der Waals surface area contributed by atoms with E-state index in [4.69, 9.17) is 4.74 Å². The van der Waals surface area contributed by atoms with E-state index in [-0.39, 0.29) is 11.3 Å². The summed E-state index contributed by atoms with van der Waals surface area (Å²) in [6, 6.07) is 4.26. The fourth-order valence-electron chi connectivity index (χ4n) is 1.19. The monoisotopic (exact) mass is 237 g/mol. The minimum absolute atomic E-state index is 0.106. The Balaban J connectivity index is 3.13. The van der Waals surface area contributed by atoms with Crippen molar-refractivity contribution in [2.24, 2.45) is 0 Å².